The van der Waals surface area contributed by atoms with Gasteiger partial charge in [0.05, 0.1) is 5.41 Å². The quantitative estimate of drug-likeness (QED) is 0.181. The van der Waals surface area contributed by atoms with Gasteiger partial charge in [-0.3, -0.25) is 0 Å². The van der Waals surface area contributed by atoms with Crippen molar-refractivity contribution in [3.63, 3.8) is 0 Å². The lowest BCUT2D eigenvalue weighted by molar-refractivity contribution is 0.795. The Morgan fingerprint density at radius 2 is 0.789 bits per heavy atom. The molecule has 0 amide bonds. The lowest BCUT2D eigenvalue weighted by Gasteiger charge is -2.30. The van der Waals surface area contributed by atoms with E-state index >= 15 is 0 Å². The highest BCUT2D eigenvalue weighted by Crippen LogP contribution is 2.64. The van der Waals surface area contributed by atoms with E-state index in [9.17, 15) is 0 Å². The molecule has 0 saturated carbocycles. The molecule has 2 aliphatic carbocycles. The molecule has 0 radical (unpaired) electrons. The third-order valence-corrected chi connectivity index (χ3v) is 12.1. The third kappa shape index (κ3) is 4.69. The van der Waals surface area contributed by atoms with Crippen molar-refractivity contribution < 1.29 is 0 Å². The van der Waals surface area contributed by atoms with Gasteiger partial charge in [-0.1, -0.05) is 182 Å². The van der Waals surface area contributed by atoms with Crippen molar-refractivity contribution >= 4 is 21.5 Å². The van der Waals surface area contributed by atoms with Crippen LogP contribution >= 0.6 is 0 Å². The van der Waals surface area contributed by atoms with E-state index < -0.39 is 5.41 Å². The largest absolute Gasteiger partial charge is 0.208 e. The number of hydrogen-bond acceptors (Lipinski definition) is 3. The molecule has 0 fully saturated rings. The van der Waals surface area contributed by atoms with Crippen LogP contribution < -0.4 is 0 Å². The zero-order valence-electron chi connectivity index (χ0n) is 30.9. The summed E-state index contributed by atoms with van der Waals surface area (Å²) in [6.07, 6.45) is 0. The lowest BCUT2D eigenvalue weighted by atomic mass is 9.70. The van der Waals surface area contributed by atoms with Gasteiger partial charge < -0.3 is 0 Å². The van der Waals surface area contributed by atoms with E-state index in [1.807, 2.05) is 60.7 Å². The average Bonchev–Trinajstić information content (AvgIpc) is 3.75. The van der Waals surface area contributed by atoms with E-state index in [-0.39, 0.29) is 0 Å². The molecule has 1 aromatic heterocycles. The van der Waals surface area contributed by atoms with Crippen LogP contribution in [0.15, 0.2) is 200 Å². The van der Waals surface area contributed by atoms with Crippen molar-refractivity contribution in [3.8, 4) is 67.5 Å². The second-order valence-corrected chi connectivity index (χ2v) is 15.1. The maximum atomic E-state index is 4.96. The van der Waals surface area contributed by atoms with Gasteiger partial charge in [-0.05, 0) is 95.4 Å². The molecule has 0 bridgehead atoms. The number of hydrogen-bond donors (Lipinski definition) is 0. The minimum atomic E-state index is -0.407. The van der Waals surface area contributed by atoms with Gasteiger partial charge in [0.15, 0.2) is 17.5 Å². The van der Waals surface area contributed by atoms with Gasteiger partial charge in [-0.25, -0.2) is 15.0 Å². The molecule has 3 nitrogen and oxygen atoms in total. The van der Waals surface area contributed by atoms with Gasteiger partial charge >= 0.3 is 0 Å². The first-order valence-corrected chi connectivity index (χ1v) is 19.5. The molecule has 0 aliphatic heterocycles. The van der Waals surface area contributed by atoms with E-state index in [1.165, 1.54) is 71.6 Å². The van der Waals surface area contributed by atoms with Crippen LogP contribution in [0, 0.1) is 0 Å². The summed E-state index contributed by atoms with van der Waals surface area (Å²) < 4.78 is 0. The average molecular weight is 724 g/mol. The third-order valence-electron chi connectivity index (χ3n) is 12.1. The fraction of sp³-hybridized carbons (Fsp3) is 0.0185. The van der Waals surface area contributed by atoms with Gasteiger partial charge in [0.2, 0.25) is 0 Å². The second kappa shape index (κ2) is 12.3. The van der Waals surface area contributed by atoms with Crippen molar-refractivity contribution in [2.24, 2.45) is 0 Å². The molecule has 12 rings (SSSR count). The predicted molar refractivity (Wildman–Crippen MR) is 233 cm³/mol. The molecule has 0 atom stereocenters. The predicted octanol–water partition coefficient (Wildman–Crippen LogP) is 13.2. The minimum Gasteiger partial charge on any atom is -0.208 e. The Morgan fingerprint density at radius 1 is 0.281 bits per heavy atom. The summed E-state index contributed by atoms with van der Waals surface area (Å²) >= 11 is 0. The highest BCUT2D eigenvalue weighted by molar-refractivity contribution is 6.08. The zero-order valence-corrected chi connectivity index (χ0v) is 30.9. The maximum absolute atomic E-state index is 4.96. The van der Waals surface area contributed by atoms with Crippen LogP contribution in [0.4, 0.5) is 0 Å². The van der Waals surface area contributed by atoms with E-state index in [0.29, 0.717) is 17.5 Å². The number of fused-ring (bicyclic) bond motifs is 13. The Labute approximate surface area is 330 Å². The van der Waals surface area contributed by atoms with Gasteiger partial charge in [0, 0.05) is 16.7 Å². The first-order valence-electron chi connectivity index (χ1n) is 19.5. The van der Waals surface area contributed by atoms with Crippen LogP contribution in [0.1, 0.15) is 22.3 Å². The Hall–Kier alpha value is -7.49. The summed E-state index contributed by atoms with van der Waals surface area (Å²) in [7, 11) is 0. The zero-order chi connectivity index (χ0) is 37.5. The van der Waals surface area contributed by atoms with Crippen LogP contribution in [0.25, 0.3) is 89.1 Å². The summed E-state index contributed by atoms with van der Waals surface area (Å²) in [5.74, 6) is 1.97. The molecule has 2 aliphatic rings. The Kier molecular flexibility index (Phi) is 6.84. The fourth-order valence-corrected chi connectivity index (χ4v) is 9.58. The summed E-state index contributed by atoms with van der Waals surface area (Å²) in [6.45, 7) is 0. The Morgan fingerprint density at radius 3 is 1.44 bits per heavy atom. The molecule has 1 heterocycles. The van der Waals surface area contributed by atoms with Gasteiger partial charge in [0.25, 0.3) is 0 Å². The molecule has 0 saturated heterocycles. The van der Waals surface area contributed by atoms with Crippen molar-refractivity contribution in [2.45, 2.75) is 5.41 Å². The molecule has 0 N–H and O–H groups in total. The van der Waals surface area contributed by atoms with Crippen molar-refractivity contribution in [2.75, 3.05) is 0 Å². The summed E-state index contributed by atoms with van der Waals surface area (Å²) in [5, 5.41) is 5.03. The second-order valence-electron chi connectivity index (χ2n) is 15.1. The Bertz CT molecular complexity index is 3120. The first kappa shape index (κ1) is 31.8. The van der Waals surface area contributed by atoms with Crippen molar-refractivity contribution in [3.05, 3.63) is 222 Å². The monoisotopic (exact) mass is 723 g/mol. The number of nitrogens with zero attached hydrogens (tertiary/aromatic N) is 3. The van der Waals surface area contributed by atoms with Crippen LogP contribution in [-0.2, 0) is 5.41 Å². The van der Waals surface area contributed by atoms with Gasteiger partial charge in [0.1, 0.15) is 0 Å². The summed E-state index contributed by atoms with van der Waals surface area (Å²) in [4.78, 5) is 14.8. The highest BCUT2D eigenvalue weighted by Gasteiger charge is 2.52. The molecule has 1 spiro atoms. The van der Waals surface area contributed by atoms with Gasteiger partial charge in [-0.2, -0.15) is 0 Å². The van der Waals surface area contributed by atoms with Crippen molar-refractivity contribution in [1.29, 1.82) is 0 Å². The first-order chi connectivity index (χ1) is 28.2. The fourth-order valence-electron chi connectivity index (χ4n) is 9.58. The van der Waals surface area contributed by atoms with Crippen LogP contribution in [0.5, 0.6) is 0 Å². The normalized spacial score (nSPS) is 13.1. The number of benzene rings is 9. The standard InChI is InChI=1S/C54H33N3/c1-3-14-36(15-4-1)51-55-52(37-16-5-2-6-17-37)57-53(56-51)38-25-23-34(24-26-38)39-27-28-40-32-45-49(33-41(40)31-39)54(48-30-29-35-13-7-8-18-42(35)50(45)48)46-21-11-9-19-43(46)44-20-10-12-22-47(44)54/h1-33H. The van der Waals surface area contributed by atoms with Crippen LogP contribution in [-0.4, -0.2) is 15.0 Å². The topological polar surface area (TPSA) is 38.7 Å². The molecule has 0 unspecified atom stereocenters. The SMILES string of the molecule is c1ccc(-c2nc(-c3ccccc3)nc(-c3ccc(-c4ccc5cc6c(cc5c4)C4(c5ccccc5-c5ccccc54)c4ccc5ccccc5c4-6)cc3)n2)cc1. The summed E-state index contributed by atoms with van der Waals surface area (Å²) in [6, 6.07) is 72.3. The number of aromatic nitrogens is 3. The smallest absolute Gasteiger partial charge is 0.164 e. The molecule has 9 aromatic carbocycles. The summed E-state index contributed by atoms with van der Waals surface area (Å²) in [5.41, 5.74) is 15.5. The molecule has 10 aromatic rings. The minimum absolute atomic E-state index is 0.407. The van der Waals surface area contributed by atoms with Crippen LogP contribution in [0.2, 0.25) is 0 Å². The lowest BCUT2D eigenvalue weighted by Crippen LogP contribution is -2.25. The maximum Gasteiger partial charge on any atom is 0.164 e. The van der Waals surface area contributed by atoms with E-state index in [4.69, 9.17) is 15.0 Å². The molecular weight excluding hydrogens is 691 g/mol. The molecule has 3 heteroatoms. The highest BCUT2D eigenvalue weighted by atomic mass is 15.0. The van der Waals surface area contributed by atoms with Gasteiger partial charge in [-0.15, -0.1) is 0 Å². The van der Waals surface area contributed by atoms with E-state index in [0.717, 1.165) is 22.3 Å². The van der Waals surface area contributed by atoms with E-state index in [2.05, 4.69) is 140 Å². The molecule has 264 valence electrons. The number of rotatable bonds is 4. The van der Waals surface area contributed by atoms with Crippen molar-refractivity contribution in [1.82, 2.24) is 15.0 Å². The van der Waals surface area contributed by atoms with E-state index in [1.54, 1.807) is 0 Å². The Balaban J connectivity index is 1.01. The molecular formula is C54H33N3. The van der Waals surface area contributed by atoms with Crippen LogP contribution in [0.3, 0.4) is 0 Å². The molecule has 57 heavy (non-hydrogen) atoms.